The molecule has 0 fully saturated rings. The monoisotopic (exact) mass is 297 g/mol. The number of carbonyl (C=O) groups is 1. The molecule has 1 N–H and O–H groups in total. The van der Waals surface area contributed by atoms with E-state index in [9.17, 15) is 4.79 Å². The smallest absolute Gasteiger partial charge is 0.255 e. The fourth-order valence-corrected chi connectivity index (χ4v) is 2.10. The lowest BCUT2D eigenvalue weighted by atomic mass is 10.1. The summed E-state index contributed by atoms with van der Waals surface area (Å²) in [7, 11) is 0. The topological polar surface area (TPSA) is 45.2 Å². The number of nitrogens with one attached hydrogen (secondary N) is 1. The molecule has 4 nitrogen and oxygen atoms in total. The number of carbonyl (C=O) groups excluding carboxylic acids is 1. The summed E-state index contributed by atoms with van der Waals surface area (Å²) >= 11 is 6.12. The van der Waals surface area contributed by atoms with Crippen LogP contribution in [-0.4, -0.2) is 35.4 Å². The van der Waals surface area contributed by atoms with E-state index in [4.69, 9.17) is 11.6 Å². The second-order valence-electron chi connectivity index (χ2n) is 4.94. The van der Waals surface area contributed by atoms with Crippen molar-refractivity contribution in [3.8, 4) is 0 Å². The minimum atomic E-state index is -0.0284. The zero-order valence-electron chi connectivity index (χ0n) is 12.7. The predicted octanol–water partition coefficient (Wildman–Crippen LogP) is 3.68. The van der Waals surface area contributed by atoms with Gasteiger partial charge in [0.25, 0.3) is 5.91 Å². The molecule has 0 aliphatic heterocycles. The minimum Gasteiger partial charge on any atom is -0.370 e. The van der Waals surface area contributed by atoms with Gasteiger partial charge in [0.15, 0.2) is 0 Å². The van der Waals surface area contributed by atoms with Gasteiger partial charge in [-0.1, -0.05) is 31.9 Å². The standard InChI is InChI=1S/C15H24ClN3O/c1-5-11(4)10-19(7-3)15(20)12-8-14(17-6-2)18-9-13(12)16/h8-9,11H,5-7,10H2,1-4H3,(H,17,18). The lowest BCUT2D eigenvalue weighted by Crippen LogP contribution is -2.34. The summed E-state index contributed by atoms with van der Waals surface area (Å²) in [5.41, 5.74) is 0.516. The fraction of sp³-hybridized carbons (Fsp3) is 0.600. The van der Waals surface area contributed by atoms with Gasteiger partial charge in [0.2, 0.25) is 0 Å². The minimum absolute atomic E-state index is 0.0284. The van der Waals surface area contributed by atoms with E-state index in [1.165, 1.54) is 6.20 Å². The van der Waals surface area contributed by atoms with Crippen molar-refractivity contribution in [1.29, 1.82) is 0 Å². The number of nitrogens with zero attached hydrogens (tertiary/aromatic N) is 2. The zero-order valence-corrected chi connectivity index (χ0v) is 13.5. The van der Waals surface area contributed by atoms with E-state index >= 15 is 0 Å². The molecule has 0 bridgehead atoms. The molecule has 1 aromatic rings. The molecule has 0 aromatic carbocycles. The molecule has 1 unspecified atom stereocenters. The van der Waals surface area contributed by atoms with Crippen LogP contribution in [0.3, 0.4) is 0 Å². The first-order valence-electron chi connectivity index (χ1n) is 7.22. The average Bonchev–Trinajstić information content (AvgIpc) is 2.46. The van der Waals surface area contributed by atoms with E-state index in [1.807, 2.05) is 18.7 Å². The highest BCUT2D eigenvalue weighted by Crippen LogP contribution is 2.20. The van der Waals surface area contributed by atoms with Gasteiger partial charge < -0.3 is 10.2 Å². The Morgan fingerprint density at radius 1 is 1.45 bits per heavy atom. The Labute approximate surface area is 126 Å². The van der Waals surface area contributed by atoms with Crippen LogP contribution >= 0.6 is 11.6 Å². The van der Waals surface area contributed by atoms with Gasteiger partial charge in [-0.3, -0.25) is 4.79 Å². The Morgan fingerprint density at radius 3 is 2.70 bits per heavy atom. The van der Waals surface area contributed by atoms with Gasteiger partial charge in [-0.15, -0.1) is 0 Å². The first-order valence-corrected chi connectivity index (χ1v) is 7.59. The summed E-state index contributed by atoms with van der Waals surface area (Å²) in [6.45, 7) is 10.4. The van der Waals surface area contributed by atoms with Crippen LogP contribution < -0.4 is 5.32 Å². The van der Waals surface area contributed by atoms with Gasteiger partial charge in [-0.25, -0.2) is 4.98 Å². The molecule has 0 aliphatic carbocycles. The Bertz CT molecular complexity index is 451. The lowest BCUT2D eigenvalue weighted by molar-refractivity contribution is 0.0741. The molecule has 0 aliphatic rings. The molecule has 0 spiro atoms. The lowest BCUT2D eigenvalue weighted by Gasteiger charge is -2.24. The summed E-state index contributed by atoms with van der Waals surface area (Å²) in [5.74, 6) is 1.13. The highest BCUT2D eigenvalue weighted by molar-refractivity contribution is 6.33. The number of rotatable bonds is 7. The maximum atomic E-state index is 12.6. The van der Waals surface area contributed by atoms with Gasteiger partial charge in [-0.05, 0) is 25.8 Å². The van der Waals surface area contributed by atoms with Crippen LogP contribution in [0.1, 0.15) is 44.5 Å². The van der Waals surface area contributed by atoms with Crippen LogP contribution in [0.4, 0.5) is 5.82 Å². The second kappa shape index (κ2) is 8.10. The van der Waals surface area contributed by atoms with Gasteiger partial charge >= 0.3 is 0 Å². The molecule has 5 heteroatoms. The SMILES string of the molecule is CCNc1cc(C(=O)N(CC)CC(C)CC)c(Cl)cn1. The Morgan fingerprint density at radius 2 is 2.15 bits per heavy atom. The van der Waals surface area contributed by atoms with Crippen molar-refractivity contribution >= 4 is 23.3 Å². The summed E-state index contributed by atoms with van der Waals surface area (Å²) < 4.78 is 0. The van der Waals surface area contributed by atoms with Crippen LogP contribution in [0.5, 0.6) is 0 Å². The van der Waals surface area contributed by atoms with Crippen LogP contribution in [0.2, 0.25) is 5.02 Å². The van der Waals surface area contributed by atoms with Crippen molar-refractivity contribution in [2.75, 3.05) is 25.0 Å². The van der Waals surface area contributed by atoms with E-state index < -0.39 is 0 Å². The van der Waals surface area contributed by atoms with Gasteiger partial charge in [0.05, 0.1) is 10.6 Å². The molecular weight excluding hydrogens is 274 g/mol. The number of hydrogen-bond acceptors (Lipinski definition) is 3. The first-order chi connectivity index (χ1) is 9.53. The largest absolute Gasteiger partial charge is 0.370 e. The maximum Gasteiger partial charge on any atom is 0.255 e. The van der Waals surface area contributed by atoms with E-state index in [1.54, 1.807) is 6.07 Å². The Balaban J connectivity index is 2.96. The molecule has 1 amide bonds. The normalized spacial score (nSPS) is 12.1. The van der Waals surface area contributed by atoms with Crippen LogP contribution in [0.25, 0.3) is 0 Å². The molecule has 0 saturated heterocycles. The molecule has 0 saturated carbocycles. The van der Waals surface area contributed by atoms with Crippen molar-refractivity contribution in [1.82, 2.24) is 9.88 Å². The number of pyridine rings is 1. The molecule has 1 rings (SSSR count). The van der Waals surface area contributed by atoms with Crippen molar-refractivity contribution in [2.45, 2.75) is 34.1 Å². The average molecular weight is 298 g/mol. The van der Waals surface area contributed by atoms with Crippen LogP contribution in [-0.2, 0) is 0 Å². The summed E-state index contributed by atoms with van der Waals surface area (Å²) in [4.78, 5) is 18.6. The maximum absolute atomic E-state index is 12.6. The highest BCUT2D eigenvalue weighted by Gasteiger charge is 2.19. The number of hydrogen-bond donors (Lipinski definition) is 1. The summed E-state index contributed by atoms with van der Waals surface area (Å²) in [5, 5.41) is 3.50. The number of amides is 1. The fourth-order valence-electron chi connectivity index (χ4n) is 1.91. The Kier molecular flexibility index (Phi) is 6.79. The summed E-state index contributed by atoms with van der Waals surface area (Å²) in [6.07, 6.45) is 2.58. The second-order valence-corrected chi connectivity index (χ2v) is 5.34. The van der Waals surface area contributed by atoms with E-state index in [-0.39, 0.29) is 5.91 Å². The van der Waals surface area contributed by atoms with Crippen molar-refractivity contribution in [2.24, 2.45) is 5.92 Å². The molecule has 20 heavy (non-hydrogen) atoms. The Hall–Kier alpha value is -1.29. The van der Waals surface area contributed by atoms with Gasteiger partial charge in [-0.2, -0.15) is 0 Å². The zero-order chi connectivity index (χ0) is 15.1. The third-order valence-corrected chi connectivity index (χ3v) is 3.64. The van der Waals surface area contributed by atoms with Crippen molar-refractivity contribution in [3.05, 3.63) is 22.8 Å². The molecule has 1 heterocycles. The molecule has 112 valence electrons. The van der Waals surface area contributed by atoms with E-state index in [0.717, 1.165) is 19.5 Å². The first kappa shape index (κ1) is 16.8. The number of halogens is 1. The van der Waals surface area contributed by atoms with Crippen LogP contribution in [0.15, 0.2) is 12.3 Å². The predicted molar refractivity (Wildman–Crippen MR) is 84.4 cm³/mol. The summed E-state index contributed by atoms with van der Waals surface area (Å²) in [6, 6.07) is 1.73. The van der Waals surface area contributed by atoms with Gasteiger partial charge in [0.1, 0.15) is 5.82 Å². The van der Waals surface area contributed by atoms with E-state index in [2.05, 4.69) is 24.1 Å². The quantitative estimate of drug-likeness (QED) is 0.835. The molecular formula is C15H24ClN3O. The van der Waals surface area contributed by atoms with E-state index in [0.29, 0.717) is 28.9 Å². The van der Waals surface area contributed by atoms with Crippen molar-refractivity contribution < 1.29 is 4.79 Å². The van der Waals surface area contributed by atoms with Crippen molar-refractivity contribution in [3.63, 3.8) is 0 Å². The molecule has 1 aromatic heterocycles. The highest BCUT2D eigenvalue weighted by atomic mass is 35.5. The number of aromatic nitrogens is 1. The molecule has 0 radical (unpaired) electrons. The molecule has 1 atom stereocenters. The van der Waals surface area contributed by atoms with Crippen LogP contribution in [0, 0.1) is 5.92 Å². The van der Waals surface area contributed by atoms with Gasteiger partial charge in [0, 0.05) is 25.8 Å². The third kappa shape index (κ3) is 4.37. The number of anilines is 1. The third-order valence-electron chi connectivity index (χ3n) is 3.34.